The van der Waals surface area contributed by atoms with Crippen LogP contribution in [0.3, 0.4) is 0 Å². The van der Waals surface area contributed by atoms with Crippen LogP contribution >= 0.6 is 11.3 Å². The van der Waals surface area contributed by atoms with Crippen molar-refractivity contribution >= 4 is 33.5 Å². The Hall–Kier alpha value is -2.58. The third kappa shape index (κ3) is 4.15. The standard InChI is InChI=1S/C22H25FN4O2S/c1-3-29-20(28)22(25-13-16-4-6-18(23)7-5-16)9-10-27(15(2)12-22)21-24-14-17-8-11-30-19(17)26-21/h4-8,11,14-15,25H,3,9-10,12-13H2,1-2H3. The molecule has 2 unspecified atom stereocenters. The predicted molar refractivity (Wildman–Crippen MR) is 116 cm³/mol. The molecule has 1 N–H and O–H groups in total. The van der Waals surface area contributed by atoms with Crippen molar-refractivity contribution in [2.24, 2.45) is 0 Å². The van der Waals surface area contributed by atoms with E-state index in [1.54, 1.807) is 23.5 Å². The van der Waals surface area contributed by atoms with Crippen LogP contribution in [0.15, 0.2) is 41.9 Å². The van der Waals surface area contributed by atoms with Gasteiger partial charge in [-0.15, -0.1) is 11.3 Å². The number of aromatic nitrogens is 2. The van der Waals surface area contributed by atoms with Gasteiger partial charge >= 0.3 is 5.97 Å². The zero-order valence-corrected chi connectivity index (χ0v) is 17.9. The Balaban J connectivity index is 1.53. The molecule has 0 radical (unpaired) electrons. The van der Waals surface area contributed by atoms with Crippen LogP contribution in [0.2, 0.25) is 0 Å². The first-order valence-electron chi connectivity index (χ1n) is 10.1. The van der Waals surface area contributed by atoms with Gasteiger partial charge in [0.2, 0.25) is 5.95 Å². The zero-order valence-electron chi connectivity index (χ0n) is 17.1. The van der Waals surface area contributed by atoms with Crippen molar-refractivity contribution in [3.05, 3.63) is 53.3 Å². The van der Waals surface area contributed by atoms with E-state index in [0.29, 0.717) is 38.5 Å². The van der Waals surface area contributed by atoms with E-state index >= 15 is 0 Å². The minimum atomic E-state index is -0.798. The minimum absolute atomic E-state index is 0.0429. The van der Waals surface area contributed by atoms with Crippen LogP contribution in [0, 0.1) is 5.82 Å². The summed E-state index contributed by atoms with van der Waals surface area (Å²) in [6, 6.07) is 8.36. The largest absolute Gasteiger partial charge is 0.465 e. The number of nitrogens with zero attached hydrogens (tertiary/aromatic N) is 3. The van der Waals surface area contributed by atoms with Crippen LogP contribution in [0.25, 0.3) is 10.2 Å². The lowest BCUT2D eigenvalue weighted by molar-refractivity contribution is -0.152. The van der Waals surface area contributed by atoms with Crippen LogP contribution < -0.4 is 10.2 Å². The number of benzene rings is 1. The molecule has 3 aromatic rings. The predicted octanol–water partition coefficient (Wildman–Crippen LogP) is 3.91. The second kappa shape index (κ2) is 8.65. The molecule has 1 aromatic carbocycles. The first-order chi connectivity index (χ1) is 14.5. The molecule has 2 aromatic heterocycles. The van der Waals surface area contributed by atoms with Gasteiger partial charge in [-0.05, 0) is 55.8 Å². The van der Waals surface area contributed by atoms with Crippen molar-refractivity contribution in [1.29, 1.82) is 0 Å². The van der Waals surface area contributed by atoms with E-state index in [4.69, 9.17) is 9.72 Å². The second-order valence-corrected chi connectivity index (χ2v) is 8.52. The Kier molecular flexibility index (Phi) is 5.97. The summed E-state index contributed by atoms with van der Waals surface area (Å²) < 4.78 is 18.6. The molecule has 3 heterocycles. The van der Waals surface area contributed by atoms with Gasteiger partial charge in [-0.1, -0.05) is 12.1 Å². The average Bonchev–Trinajstić information content (AvgIpc) is 3.21. The molecular weight excluding hydrogens is 403 g/mol. The number of hydrogen-bond acceptors (Lipinski definition) is 7. The molecule has 1 fully saturated rings. The summed E-state index contributed by atoms with van der Waals surface area (Å²) >= 11 is 1.59. The minimum Gasteiger partial charge on any atom is -0.465 e. The molecule has 30 heavy (non-hydrogen) atoms. The summed E-state index contributed by atoms with van der Waals surface area (Å²) in [7, 11) is 0. The number of carbonyl (C=O) groups is 1. The quantitative estimate of drug-likeness (QED) is 0.601. The Labute approximate surface area is 179 Å². The lowest BCUT2D eigenvalue weighted by Gasteiger charge is -2.44. The lowest BCUT2D eigenvalue weighted by Crippen LogP contribution is -2.61. The normalized spacial score (nSPS) is 21.7. The van der Waals surface area contributed by atoms with E-state index in [1.807, 2.05) is 24.6 Å². The molecule has 6 nitrogen and oxygen atoms in total. The molecule has 8 heteroatoms. The summed E-state index contributed by atoms with van der Waals surface area (Å²) in [6.45, 7) is 5.31. The highest BCUT2D eigenvalue weighted by molar-refractivity contribution is 7.16. The molecule has 0 spiro atoms. The average molecular weight is 429 g/mol. The Morgan fingerprint density at radius 2 is 2.17 bits per heavy atom. The van der Waals surface area contributed by atoms with Gasteiger partial charge in [0.15, 0.2) is 0 Å². The molecular formula is C22H25FN4O2S. The maximum Gasteiger partial charge on any atom is 0.326 e. The fourth-order valence-corrected chi connectivity index (χ4v) is 4.73. The summed E-state index contributed by atoms with van der Waals surface area (Å²) in [5.41, 5.74) is 0.120. The van der Waals surface area contributed by atoms with Gasteiger partial charge in [-0.3, -0.25) is 10.1 Å². The topological polar surface area (TPSA) is 67.3 Å². The highest BCUT2D eigenvalue weighted by Crippen LogP contribution is 2.32. The number of nitrogens with one attached hydrogen (secondary N) is 1. The molecule has 158 valence electrons. The smallest absolute Gasteiger partial charge is 0.326 e. The van der Waals surface area contributed by atoms with E-state index in [2.05, 4.69) is 22.1 Å². The van der Waals surface area contributed by atoms with Gasteiger partial charge in [-0.2, -0.15) is 0 Å². The number of fused-ring (bicyclic) bond motifs is 1. The molecule has 4 rings (SSSR count). The van der Waals surface area contributed by atoms with Crippen molar-refractivity contribution in [2.75, 3.05) is 18.1 Å². The Bertz CT molecular complexity index is 1030. The van der Waals surface area contributed by atoms with Gasteiger partial charge in [-0.25, -0.2) is 14.4 Å². The number of halogens is 1. The number of piperidine rings is 1. The molecule has 0 bridgehead atoms. The fourth-order valence-electron chi connectivity index (χ4n) is 3.99. The summed E-state index contributed by atoms with van der Waals surface area (Å²) in [5, 5.41) is 6.47. The van der Waals surface area contributed by atoms with E-state index in [-0.39, 0.29) is 17.8 Å². The van der Waals surface area contributed by atoms with Crippen LogP contribution in [0.4, 0.5) is 10.3 Å². The van der Waals surface area contributed by atoms with Gasteiger partial charge in [0.1, 0.15) is 16.2 Å². The molecule has 1 aliphatic rings. The second-order valence-electron chi connectivity index (χ2n) is 7.63. The molecule has 0 saturated carbocycles. The zero-order chi connectivity index (χ0) is 21.1. The lowest BCUT2D eigenvalue weighted by atomic mass is 9.83. The molecule has 0 aliphatic carbocycles. The monoisotopic (exact) mass is 428 g/mol. The van der Waals surface area contributed by atoms with E-state index in [0.717, 1.165) is 15.8 Å². The Morgan fingerprint density at radius 1 is 1.37 bits per heavy atom. The van der Waals surface area contributed by atoms with Crippen LogP contribution in [-0.4, -0.2) is 40.7 Å². The fraction of sp³-hybridized carbons (Fsp3) is 0.409. The van der Waals surface area contributed by atoms with Crippen molar-refractivity contribution in [3.8, 4) is 0 Å². The van der Waals surface area contributed by atoms with E-state index in [9.17, 15) is 9.18 Å². The number of rotatable bonds is 6. The first-order valence-corrected chi connectivity index (χ1v) is 11.0. The number of carbonyl (C=O) groups excluding carboxylic acids is 1. The van der Waals surface area contributed by atoms with Gasteiger partial charge < -0.3 is 9.64 Å². The summed E-state index contributed by atoms with van der Waals surface area (Å²) in [4.78, 5) is 25.3. The third-order valence-electron chi connectivity index (χ3n) is 5.62. The van der Waals surface area contributed by atoms with Crippen molar-refractivity contribution in [2.45, 2.75) is 44.8 Å². The number of anilines is 1. The van der Waals surface area contributed by atoms with Crippen LogP contribution in [0.5, 0.6) is 0 Å². The molecule has 1 saturated heterocycles. The Morgan fingerprint density at radius 3 is 2.90 bits per heavy atom. The van der Waals surface area contributed by atoms with Crippen LogP contribution in [-0.2, 0) is 16.1 Å². The molecule has 0 amide bonds. The van der Waals surface area contributed by atoms with E-state index < -0.39 is 5.54 Å². The van der Waals surface area contributed by atoms with Crippen LogP contribution in [0.1, 0.15) is 32.3 Å². The molecule has 1 aliphatic heterocycles. The number of hydrogen-bond donors (Lipinski definition) is 1. The van der Waals surface area contributed by atoms with Crippen molar-refractivity contribution in [1.82, 2.24) is 15.3 Å². The maximum absolute atomic E-state index is 13.2. The molecule has 2 atom stereocenters. The van der Waals surface area contributed by atoms with Gasteiger partial charge in [0.05, 0.1) is 6.61 Å². The SMILES string of the molecule is CCOC(=O)C1(NCc2ccc(F)cc2)CCN(c2ncc3ccsc3n2)C(C)C1. The van der Waals surface area contributed by atoms with E-state index in [1.165, 1.54) is 12.1 Å². The van der Waals surface area contributed by atoms with Crippen molar-refractivity contribution in [3.63, 3.8) is 0 Å². The summed E-state index contributed by atoms with van der Waals surface area (Å²) in [6.07, 6.45) is 2.99. The summed E-state index contributed by atoms with van der Waals surface area (Å²) in [5.74, 6) is 0.171. The van der Waals surface area contributed by atoms with Crippen molar-refractivity contribution < 1.29 is 13.9 Å². The number of esters is 1. The van der Waals surface area contributed by atoms with Gasteiger partial charge in [0.25, 0.3) is 0 Å². The first kappa shape index (κ1) is 20.7. The number of thiophene rings is 1. The highest BCUT2D eigenvalue weighted by atomic mass is 32.1. The highest BCUT2D eigenvalue weighted by Gasteiger charge is 2.45. The van der Waals surface area contributed by atoms with Gasteiger partial charge in [0, 0.05) is 30.7 Å². The maximum atomic E-state index is 13.2. The third-order valence-corrected chi connectivity index (χ3v) is 6.44. The number of ether oxygens (including phenoxy) is 1.